The van der Waals surface area contributed by atoms with E-state index in [1.54, 1.807) is 0 Å². The molecule has 17 heavy (non-hydrogen) atoms. The molecule has 2 atom stereocenters. The highest BCUT2D eigenvalue weighted by Gasteiger charge is 2.38. The largest absolute Gasteiger partial charge is 0.355 e. The predicted octanol–water partition coefficient (Wildman–Crippen LogP) is 1.25. The number of likely N-dealkylation sites (tertiary alicyclic amines) is 1. The van der Waals surface area contributed by atoms with Gasteiger partial charge < -0.3 is 5.32 Å². The second-order valence-electron chi connectivity index (χ2n) is 5.12. The van der Waals surface area contributed by atoms with E-state index in [1.807, 2.05) is 0 Å². The quantitative estimate of drug-likeness (QED) is 0.829. The van der Waals surface area contributed by atoms with Gasteiger partial charge in [-0.3, -0.25) is 9.69 Å². The van der Waals surface area contributed by atoms with Crippen LogP contribution in [0.15, 0.2) is 30.3 Å². The highest BCUT2D eigenvalue weighted by atomic mass is 16.2. The van der Waals surface area contributed by atoms with Crippen molar-refractivity contribution < 1.29 is 4.79 Å². The van der Waals surface area contributed by atoms with Gasteiger partial charge in [-0.05, 0) is 18.5 Å². The Kier molecular flexibility index (Phi) is 2.85. The molecule has 1 aromatic rings. The highest BCUT2D eigenvalue weighted by Crippen LogP contribution is 2.28. The number of nitrogens with one attached hydrogen (secondary N) is 1. The number of hydrogen-bond acceptors (Lipinski definition) is 2. The smallest absolute Gasteiger partial charge is 0.223 e. The number of hydrogen-bond donors (Lipinski definition) is 1. The van der Waals surface area contributed by atoms with E-state index in [0.717, 1.165) is 32.6 Å². The van der Waals surface area contributed by atoms with E-state index in [4.69, 9.17) is 0 Å². The van der Waals surface area contributed by atoms with Crippen molar-refractivity contribution in [1.82, 2.24) is 10.2 Å². The fraction of sp³-hybridized carbons (Fsp3) is 0.500. The summed E-state index contributed by atoms with van der Waals surface area (Å²) in [4.78, 5) is 14.0. The summed E-state index contributed by atoms with van der Waals surface area (Å²) in [5, 5.41) is 2.98. The topological polar surface area (TPSA) is 32.3 Å². The highest BCUT2D eigenvalue weighted by molar-refractivity contribution is 5.81. The van der Waals surface area contributed by atoms with Crippen LogP contribution in [0.25, 0.3) is 0 Å². The maximum Gasteiger partial charge on any atom is 0.223 e. The average Bonchev–Trinajstić information content (AvgIpc) is 2.72. The zero-order chi connectivity index (χ0) is 11.7. The minimum Gasteiger partial charge on any atom is -0.355 e. The normalized spacial score (nSPS) is 28.8. The summed E-state index contributed by atoms with van der Waals surface area (Å²) in [7, 11) is 0. The lowest BCUT2D eigenvalue weighted by molar-refractivity contribution is -0.124. The molecule has 0 radical (unpaired) electrons. The van der Waals surface area contributed by atoms with Crippen molar-refractivity contribution in [2.24, 2.45) is 11.8 Å². The van der Waals surface area contributed by atoms with Gasteiger partial charge in [-0.15, -0.1) is 0 Å². The fourth-order valence-electron chi connectivity index (χ4n) is 3.01. The Labute approximate surface area is 102 Å². The standard InChI is InChI=1S/C14H18N2O/c17-14-13-6-7-16(10-12(13)8-15-14)9-11-4-2-1-3-5-11/h1-5,12-13H,6-10H2,(H,15,17)/t12-,13-/m0/s1. The monoisotopic (exact) mass is 230 g/mol. The van der Waals surface area contributed by atoms with Gasteiger partial charge in [-0.1, -0.05) is 30.3 Å². The molecule has 3 nitrogen and oxygen atoms in total. The molecule has 0 saturated carbocycles. The molecule has 2 aliphatic heterocycles. The van der Waals surface area contributed by atoms with Crippen molar-refractivity contribution in [3.8, 4) is 0 Å². The van der Waals surface area contributed by atoms with E-state index in [0.29, 0.717) is 5.92 Å². The lowest BCUT2D eigenvalue weighted by Crippen LogP contribution is -2.40. The number of fused-ring (bicyclic) bond motifs is 1. The minimum absolute atomic E-state index is 0.273. The van der Waals surface area contributed by atoms with Crippen LogP contribution in [0.4, 0.5) is 0 Å². The van der Waals surface area contributed by atoms with Gasteiger partial charge in [-0.25, -0.2) is 0 Å². The molecule has 3 heteroatoms. The third-order valence-corrected chi connectivity index (χ3v) is 3.94. The lowest BCUT2D eigenvalue weighted by atomic mass is 9.88. The fourth-order valence-corrected chi connectivity index (χ4v) is 3.01. The zero-order valence-corrected chi connectivity index (χ0v) is 9.93. The van der Waals surface area contributed by atoms with Crippen LogP contribution < -0.4 is 5.32 Å². The molecule has 90 valence electrons. The first-order valence-electron chi connectivity index (χ1n) is 6.37. The van der Waals surface area contributed by atoms with Crippen molar-refractivity contribution >= 4 is 5.91 Å². The number of amides is 1. The molecule has 0 bridgehead atoms. The Morgan fingerprint density at radius 2 is 2.12 bits per heavy atom. The molecule has 3 rings (SSSR count). The van der Waals surface area contributed by atoms with Crippen molar-refractivity contribution in [3.63, 3.8) is 0 Å². The Morgan fingerprint density at radius 1 is 1.29 bits per heavy atom. The molecule has 1 amide bonds. The van der Waals surface area contributed by atoms with Crippen LogP contribution in [0, 0.1) is 11.8 Å². The number of nitrogens with zero attached hydrogens (tertiary/aromatic N) is 1. The molecule has 0 unspecified atom stereocenters. The van der Waals surface area contributed by atoms with Gasteiger partial charge in [-0.2, -0.15) is 0 Å². The molecule has 2 fully saturated rings. The van der Waals surface area contributed by atoms with Crippen molar-refractivity contribution in [3.05, 3.63) is 35.9 Å². The Hall–Kier alpha value is -1.35. The zero-order valence-electron chi connectivity index (χ0n) is 9.93. The predicted molar refractivity (Wildman–Crippen MR) is 66.3 cm³/mol. The summed E-state index contributed by atoms with van der Waals surface area (Å²) >= 11 is 0. The SMILES string of the molecule is O=C1NC[C@H]2CN(Cc3ccccc3)CC[C@H]12. The van der Waals surface area contributed by atoms with Gasteiger partial charge >= 0.3 is 0 Å². The van der Waals surface area contributed by atoms with Crippen LogP contribution in [0.2, 0.25) is 0 Å². The molecule has 2 heterocycles. The van der Waals surface area contributed by atoms with Crippen molar-refractivity contribution in [2.75, 3.05) is 19.6 Å². The van der Waals surface area contributed by atoms with Crippen LogP contribution in [0.3, 0.4) is 0 Å². The number of piperidine rings is 1. The first kappa shape index (κ1) is 10.8. The number of carbonyl (C=O) groups excluding carboxylic acids is 1. The third kappa shape index (κ3) is 2.20. The second kappa shape index (κ2) is 4.49. The van der Waals surface area contributed by atoms with Gasteiger partial charge in [0.1, 0.15) is 0 Å². The molecule has 1 N–H and O–H groups in total. The minimum atomic E-state index is 0.273. The molecule has 2 aliphatic rings. The van der Waals surface area contributed by atoms with Gasteiger partial charge in [0.15, 0.2) is 0 Å². The summed E-state index contributed by atoms with van der Waals surface area (Å²) < 4.78 is 0. The van der Waals surface area contributed by atoms with Gasteiger partial charge in [0, 0.05) is 31.5 Å². The Balaban J connectivity index is 1.62. The lowest BCUT2D eigenvalue weighted by Gasteiger charge is -2.33. The first-order chi connectivity index (χ1) is 8.33. The molecule has 0 aliphatic carbocycles. The van der Waals surface area contributed by atoms with Crippen molar-refractivity contribution in [2.45, 2.75) is 13.0 Å². The summed E-state index contributed by atoms with van der Waals surface area (Å²) in [5.74, 6) is 1.08. The average molecular weight is 230 g/mol. The van der Waals surface area contributed by atoms with E-state index < -0.39 is 0 Å². The maximum atomic E-state index is 11.5. The second-order valence-corrected chi connectivity index (χ2v) is 5.12. The Morgan fingerprint density at radius 3 is 2.94 bits per heavy atom. The number of rotatable bonds is 2. The van der Waals surface area contributed by atoms with Crippen molar-refractivity contribution in [1.29, 1.82) is 0 Å². The van der Waals surface area contributed by atoms with Gasteiger partial charge in [0.2, 0.25) is 5.91 Å². The van der Waals surface area contributed by atoms with Crippen LogP contribution in [0.5, 0.6) is 0 Å². The molecular formula is C14H18N2O. The van der Waals surface area contributed by atoms with E-state index in [-0.39, 0.29) is 11.8 Å². The summed E-state index contributed by atoms with van der Waals surface area (Å²) in [6.07, 6.45) is 1.02. The number of carbonyl (C=O) groups is 1. The van der Waals surface area contributed by atoms with E-state index in [2.05, 4.69) is 40.5 Å². The van der Waals surface area contributed by atoms with Crippen LogP contribution in [-0.4, -0.2) is 30.4 Å². The molecule has 1 aromatic carbocycles. The summed E-state index contributed by atoms with van der Waals surface area (Å²) in [6, 6.07) is 10.6. The third-order valence-electron chi connectivity index (χ3n) is 3.94. The van der Waals surface area contributed by atoms with Gasteiger partial charge in [0.05, 0.1) is 0 Å². The Bertz CT molecular complexity index is 404. The van der Waals surface area contributed by atoms with Gasteiger partial charge in [0.25, 0.3) is 0 Å². The first-order valence-corrected chi connectivity index (χ1v) is 6.37. The maximum absolute atomic E-state index is 11.5. The molecular weight excluding hydrogens is 212 g/mol. The summed E-state index contributed by atoms with van der Waals surface area (Å²) in [5.41, 5.74) is 1.36. The van der Waals surface area contributed by atoms with Crippen LogP contribution in [0.1, 0.15) is 12.0 Å². The van der Waals surface area contributed by atoms with Crippen LogP contribution in [-0.2, 0) is 11.3 Å². The van der Waals surface area contributed by atoms with Crippen LogP contribution >= 0.6 is 0 Å². The molecule has 0 spiro atoms. The van der Waals surface area contributed by atoms with E-state index >= 15 is 0 Å². The molecule has 2 saturated heterocycles. The van der Waals surface area contributed by atoms with E-state index in [9.17, 15) is 4.79 Å². The number of benzene rings is 1. The van der Waals surface area contributed by atoms with E-state index in [1.165, 1.54) is 5.56 Å². The summed E-state index contributed by atoms with van der Waals surface area (Å²) in [6.45, 7) is 3.98. The molecule has 0 aromatic heterocycles.